The van der Waals surface area contributed by atoms with E-state index in [0.29, 0.717) is 6.54 Å². The van der Waals surface area contributed by atoms with E-state index < -0.39 is 0 Å². The van der Waals surface area contributed by atoms with E-state index in [9.17, 15) is 9.90 Å². The zero-order valence-corrected chi connectivity index (χ0v) is 16.0. The normalized spacial score (nSPS) is 15.8. The average molecular weight is 359 g/mol. The van der Waals surface area contributed by atoms with Crippen molar-refractivity contribution in [2.75, 3.05) is 31.1 Å². The molecule has 2 heterocycles. The smallest absolute Gasteiger partial charge is 0.220 e. The highest BCUT2D eigenvalue weighted by Crippen LogP contribution is 2.28. The molecule has 0 radical (unpaired) electrons. The highest BCUT2D eigenvalue weighted by atomic mass is 32.1. The number of rotatable bonds is 4. The van der Waals surface area contributed by atoms with Crippen LogP contribution in [0, 0.1) is 6.92 Å². The molecule has 0 spiro atoms. The third-order valence-corrected chi connectivity index (χ3v) is 5.94. The Morgan fingerprint density at radius 2 is 1.88 bits per heavy atom. The van der Waals surface area contributed by atoms with Crippen molar-refractivity contribution in [3.05, 3.63) is 56.6 Å². The summed E-state index contributed by atoms with van der Waals surface area (Å²) < 4.78 is 0. The first kappa shape index (κ1) is 18.0. The predicted molar refractivity (Wildman–Crippen MR) is 105 cm³/mol. The number of anilines is 1. The molecule has 5 heteroatoms. The summed E-state index contributed by atoms with van der Waals surface area (Å²) in [4.78, 5) is 16.9. The second-order valence-electron chi connectivity index (χ2n) is 7.04. The summed E-state index contributed by atoms with van der Waals surface area (Å²) in [5.41, 5.74) is 2.74. The molecule has 1 aromatic heterocycles. The number of hydrogen-bond donors (Lipinski definition) is 1. The van der Waals surface area contributed by atoms with Crippen molar-refractivity contribution in [2.45, 2.75) is 33.2 Å². The molecule has 0 amide bonds. The van der Waals surface area contributed by atoms with Crippen LogP contribution in [-0.2, 0) is 6.54 Å². The molecule has 0 saturated carbocycles. The van der Waals surface area contributed by atoms with Gasteiger partial charge in [-0.15, -0.1) is 11.3 Å². The Morgan fingerprint density at radius 1 is 1.16 bits per heavy atom. The lowest BCUT2D eigenvalue weighted by Crippen LogP contribution is -2.45. The summed E-state index contributed by atoms with van der Waals surface area (Å²) in [6.45, 7) is 10.7. The van der Waals surface area contributed by atoms with E-state index in [4.69, 9.17) is 0 Å². The molecule has 25 heavy (non-hydrogen) atoms. The van der Waals surface area contributed by atoms with Crippen LogP contribution in [0.1, 0.15) is 36.5 Å². The summed E-state index contributed by atoms with van der Waals surface area (Å²) in [6.07, 6.45) is 0. The second kappa shape index (κ2) is 7.58. The summed E-state index contributed by atoms with van der Waals surface area (Å²) in [5, 5.41) is 13.8. The molecule has 1 aliphatic rings. The second-order valence-corrected chi connectivity index (χ2v) is 7.94. The zero-order chi connectivity index (χ0) is 18.0. The minimum atomic E-state index is -0.281. The molecular weight excluding hydrogens is 332 g/mol. The molecule has 1 N–H and O–H groups in total. The van der Waals surface area contributed by atoms with Crippen LogP contribution in [0.3, 0.4) is 0 Å². The van der Waals surface area contributed by atoms with Gasteiger partial charge in [-0.2, -0.15) is 0 Å². The Balaban J connectivity index is 1.70. The molecule has 0 bridgehead atoms. The predicted octanol–water partition coefficient (Wildman–Crippen LogP) is 3.57. The van der Waals surface area contributed by atoms with E-state index in [-0.39, 0.29) is 17.1 Å². The molecule has 1 aromatic carbocycles. The number of hydrogen-bond acceptors (Lipinski definition) is 5. The van der Waals surface area contributed by atoms with Crippen LogP contribution < -0.4 is 10.3 Å². The average Bonchev–Trinajstić information content (AvgIpc) is 2.96. The Labute approximate surface area is 153 Å². The quantitative estimate of drug-likeness (QED) is 0.907. The van der Waals surface area contributed by atoms with E-state index in [1.165, 1.54) is 10.6 Å². The molecule has 1 fully saturated rings. The van der Waals surface area contributed by atoms with Crippen molar-refractivity contribution in [3.63, 3.8) is 0 Å². The number of aromatic hydroxyl groups is 1. The van der Waals surface area contributed by atoms with Crippen molar-refractivity contribution in [1.82, 2.24) is 4.90 Å². The molecular formula is C20H26N2O2S. The molecule has 0 atom stereocenters. The maximum Gasteiger partial charge on any atom is 0.220 e. The van der Waals surface area contributed by atoms with Gasteiger partial charge in [0.1, 0.15) is 0 Å². The minimum absolute atomic E-state index is 0.108. The van der Waals surface area contributed by atoms with Crippen LogP contribution >= 0.6 is 11.3 Å². The van der Waals surface area contributed by atoms with Crippen molar-refractivity contribution >= 4 is 16.3 Å². The van der Waals surface area contributed by atoms with Gasteiger partial charge >= 0.3 is 0 Å². The number of aryl methyl sites for hydroxylation is 1. The van der Waals surface area contributed by atoms with Gasteiger partial charge in [-0.25, -0.2) is 0 Å². The fourth-order valence-corrected chi connectivity index (χ4v) is 4.21. The van der Waals surface area contributed by atoms with Gasteiger partial charge in [0.15, 0.2) is 5.75 Å². The first-order valence-electron chi connectivity index (χ1n) is 8.83. The van der Waals surface area contributed by atoms with Gasteiger partial charge in [0.2, 0.25) is 5.43 Å². The maximum atomic E-state index is 12.2. The third kappa shape index (κ3) is 4.05. The first-order valence-corrected chi connectivity index (χ1v) is 9.71. The van der Waals surface area contributed by atoms with Gasteiger partial charge in [0.25, 0.3) is 0 Å². The lowest BCUT2D eigenvalue weighted by molar-refractivity contribution is 0.247. The number of piperazine rings is 1. The van der Waals surface area contributed by atoms with E-state index in [2.05, 4.69) is 42.0 Å². The van der Waals surface area contributed by atoms with E-state index in [1.807, 2.05) is 12.1 Å². The van der Waals surface area contributed by atoms with Gasteiger partial charge in [0, 0.05) is 38.3 Å². The fourth-order valence-electron chi connectivity index (χ4n) is 3.23. The summed E-state index contributed by atoms with van der Waals surface area (Å²) in [7, 11) is 0. The Morgan fingerprint density at radius 3 is 2.48 bits per heavy atom. The molecule has 0 unspecified atom stereocenters. The van der Waals surface area contributed by atoms with Crippen molar-refractivity contribution in [1.29, 1.82) is 0 Å². The topological polar surface area (TPSA) is 43.8 Å². The molecule has 1 aliphatic heterocycles. The largest absolute Gasteiger partial charge is 0.504 e. The molecule has 1 saturated heterocycles. The summed E-state index contributed by atoms with van der Waals surface area (Å²) in [6, 6.07) is 7.59. The zero-order valence-electron chi connectivity index (χ0n) is 15.2. The lowest BCUT2D eigenvalue weighted by Gasteiger charge is -2.35. The highest BCUT2D eigenvalue weighted by molar-refractivity contribution is 7.14. The monoisotopic (exact) mass is 358 g/mol. The van der Waals surface area contributed by atoms with Gasteiger partial charge in [-0.1, -0.05) is 26.0 Å². The van der Waals surface area contributed by atoms with Crippen LogP contribution in [0.5, 0.6) is 5.75 Å². The van der Waals surface area contributed by atoms with Crippen molar-refractivity contribution in [2.24, 2.45) is 0 Å². The lowest BCUT2D eigenvalue weighted by atomic mass is 10.1. The third-order valence-electron chi connectivity index (χ3n) is 4.87. The number of nitrogens with zero attached hydrogens (tertiary/aromatic N) is 2. The maximum absolute atomic E-state index is 12.2. The summed E-state index contributed by atoms with van der Waals surface area (Å²) >= 11 is 1.79. The van der Waals surface area contributed by atoms with Crippen molar-refractivity contribution < 1.29 is 5.11 Å². The summed E-state index contributed by atoms with van der Waals surface area (Å²) in [5.74, 6) is 0.161. The first-order chi connectivity index (χ1) is 12.0. The van der Waals surface area contributed by atoms with Crippen LogP contribution in [0.25, 0.3) is 0 Å². The van der Waals surface area contributed by atoms with Crippen LogP contribution in [0.15, 0.2) is 34.4 Å². The Kier molecular flexibility index (Phi) is 5.45. The van der Waals surface area contributed by atoms with Gasteiger partial charge < -0.3 is 10.0 Å². The molecule has 3 rings (SSSR count). The van der Waals surface area contributed by atoms with Gasteiger partial charge in [0.05, 0.1) is 5.00 Å². The molecule has 4 nitrogen and oxygen atoms in total. The molecule has 134 valence electrons. The van der Waals surface area contributed by atoms with Crippen molar-refractivity contribution in [3.8, 4) is 5.75 Å². The van der Waals surface area contributed by atoms with Gasteiger partial charge in [-0.05, 0) is 41.5 Å². The molecule has 2 aromatic rings. The standard InChI is InChI=1S/C20H26N2O2S/c1-14(2)16-4-5-17(19(24)18(23)12-16)13-21-7-9-22(10-8-21)20-15(3)6-11-25-20/h4-6,11-12,14H,7-10,13H2,1-3H3,(H,23,24). The van der Waals surface area contributed by atoms with E-state index in [1.54, 1.807) is 17.4 Å². The van der Waals surface area contributed by atoms with E-state index in [0.717, 1.165) is 37.3 Å². The Hall–Kier alpha value is -1.85. The van der Waals surface area contributed by atoms with E-state index >= 15 is 0 Å². The van der Waals surface area contributed by atoms with Crippen LogP contribution in [0.2, 0.25) is 0 Å². The molecule has 0 aliphatic carbocycles. The fraction of sp³-hybridized carbons (Fsp3) is 0.450. The number of thiophene rings is 1. The van der Waals surface area contributed by atoms with Crippen LogP contribution in [0.4, 0.5) is 5.00 Å². The minimum Gasteiger partial charge on any atom is -0.504 e. The van der Waals surface area contributed by atoms with Crippen LogP contribution in [-0.4, -0.2) is 36.2 Å². The van der Waals surface area contributed by atoms with Gasteiger partial charge in [-0.3, -0.25) is 9.69 Å². The Bertz CT molecular complexity index is 793. The highest BCUT2D eigenvalue weighted by Gasteiger charge is 2.20. The SMILES string of the molecule is Cc1ccsc1N1CCN(Cc2ccc(C(C)C)cc(=O)c2O)CC1.